The van der Waals surface area contributed by atoms with Gasteiger partial charge >= 0.3 is 12.1 Å². The maximum Gasteiger partial charge on any atom is 0.490 e. The number of rotatable bonds is 3. The van der Waals surface area contributed by atoms with Crippen LogP contribution in [0.15, 0.2) is 59.4 Å². The number of benzene rings is 1. The van der Waals surface area contributed by atoms with Gasteiger partial charge in [0.25, 0.3) is 0 Å². The number of fused-ring (bicyclic) bond motifs is 1. The molecule has 1 aromatic carbocycles. The minimum Gasteiger partial charge on any atom is -0.475 e. The average molecular weight is 417 g/mol. The second-order valence-electron chi connectivity index (χ2n) is 6.67. The smallest absolute Gasteiger partial charge is 0.475 e. The highest BCUT2D eigenvalue weighted by molar-refractivity contribution is 5.81. The highest BCUT2D eigenvalue weighted by atomic mass is 19.4. The van der Waals surface area contributed by atoms with Crippen LogP contribution in [-0.4, -0.2) is 32.0 Å². The van der Waals surface area contributed by atoms with Crippen molar-refractivity contribution < 1.29 is 27.6 Å². The van der Waals surface area contributed by atoms with Gasteiger partial charge in [-0.15, -0.1) is 0 Å². The number of alkyl halides is 3. The fourth-order valence-corrected chi connectivity index (χ4v) is 2.85. The molecule has 0 spiro atoms. The molecule has 4 aromatic rings. The predicted octanol–water partition coefficient (Wildman–Crippen LogP) is 4.99. The Balaban J connectivity index is 0.000000318. The number of carboxylic acid groups (broad SMARTS) is 1. The second-order valence-corrected chi connectivity index (χ2v) is 6.67. The molecule has 0 amide bonds. The van der Waals surface area contributed by atoms with Crippen molar-refractivity contribution in [3.8, 4) is 11.1 Å². The van der Waals surface area contributed by atoms with Gasteiger partial charge in [0.1, 0.15) is 11.5 Å². The number of aryl methyl sites for hydroxylation is 2. The number of pyridine rings is 1. The van der Waals surface area contributed by atoms with E-state index in [-0.39, 0.29) is 0 Å². The molecule has 3 heterocycles. The van der Waals surface area contributed by atoms with Gasteiger partial charge < -0.3 is 14.2 Å². The fourth-order valence-electron chi connectivity index (χ4n) is 2.85. The molecule has 0 radical (unpaired) electrons. The molecule has 9 heteroatoms. The van der Waals surface area contributed by atoms with E-state index in [9.17, 15) is 13.2 Å². The third kappa shape index (κ3) is 5.05. The largest absolute Gasteiger partial charge is 0.490 e. The molecule has 0 saturated heterocycles. The number of carboxylic acids is 1. The van der Waals surface area contributed by atoms with Crippen molar-refractivity contribution in [3.63, 3.8) is 0 Å². The Kier molecular flexibility index (Phi) is 5.91. The topological polar surface area (TPSA) is 81.2 Å². The summed E-state index contributed by atoms with van der Waals surface area (Å²) < 4.78 is 39.0. The molecule has 0 aliphatic rings. The molecule has 0 atom stereocenters. The molecule has 3 aromatic heterocycles. The summed E-state index contributed by atoms with van der Waals surface area (Å²) in [6, 6.07) is 14.6. The second kappa shape index (κ2) is 8.40. The monoisotopic (exact) mass is 417 g/mol. The Morgan fingerprint density at radius 2 is 1.87 bits per heavy atom. The highest BCUT2D eigenvalue weighted by Crippen LogP contribution is 2.24. The lowest BCUT2D eigenvalue weighted by Crippen LogP contribution is -2.21. The third-order valence-corrected chi connectivity index (χ3v) is 4.22. The molecule has 0 unspecified atom stereocenters. The van der Waals surface area contributed by atoms with Crippen LogP contribution in [0.4, 0.5) is 13.2 Å². The van der Waals surface area contributed by atoms with Crippen LogP contribution in [0.2, 0.25) is 0 Å². The van der Waals surface area contributed by atoms with E-state index >= 15 is 0 Å². The molecule has 4 rings (SSSR count). The zero-order chi connectivity index (χ0) is 21.9. The van der Waals surface area contributed by atoms with Gasteiger partial charge in [-0.25, -0.2) is 4.79 Å². The SMILES string of the molecule is Cc1cccc(-c2cnc3ccn(Cc4cc(C)on4)c3c2)c1.O=C(O)C(F)(F)F. The van der Waals surface area contributed by atoms with Crippen LogP contribution < -0.4 is 0 Å². The first-order valence-electron chi connectivity index (χ1n) is 8.88. The lowest BCUT2D eigenvalue weighted by Gasteiger charge is -2.06. The van der Waals surface area contributed by atoms with Gasteiger partial charge in [-0.05, 0) is 31.5 Å². The summed E-state index contributed by atoms with van der Waals surface area (Å²) in [4.78, 5) is 13.5. The van der Waals surface area contributed by atoms with E-state index in [1.807, 2.05) is 31.5 Å². The molecule has 30 heavy (non-hydrogen) atoms. The lowest BCUT2D eigenvalue weighted by molar-refractivity contribution is -0.192. The molecule has 0 aliphatic carbocycles. The summed E-state index contributed by atoms with van der Waals surface area (Å²) in [7, 11) is 0. The predicted molar refractivity (Wildman–Crippen MR) is 104 cm³/mol. The third-order valence-electron chi connectivity index (χ3n) is 4.22. The number of aliphatic carboxylic acids is 1. The van der Waals surface area contributed by atoms with E-state index in [0.29, 0.717) is 6.54 Å². The van der Waals surface area contributed by atoms with Crippen LogP contribution in [0.1, 0.15) is 17.0 Å². The highest BCUT2D eigenvalue weighted by Gasteiger charge is 2.38. The number of aromatic nitrogens is 3. The van der Waals surface area contributed by atoms with E-state index in [0.717, 1.165) is 28.1 Å². The first-order valence-corrected chi connectivity index (χ1v) is 8.88. The first-order chi connectivity index (χ1) is 14.1. The summed E-state index contributed by atoms with van der Waals surface area (Å²) in [5, 5.41) is 11.2. The van der Waals surface area contributed by atoms with Crippen molar-refractivity contribution in [1.29, 1.82) is 0 Å². The van der Waals surface area contributed by atoms with E-state index in [1.54, 1.807) is 0 Å². The molecule has 156 valence electrons. The average Bonchev–Trinajstić information content (AvgIpc) is 3.27. The van der Waals surface area contributed by atoms with Crippen LogP contribution >= 0.6 is 0 Å². The Morgan fingerprint density at radius 1 is 1.13 bits per heavy atom. The van der Waals surface area contributed by atoms with Crippen LogP contribution in [0.5, 0.6) is 0 Å². The van der Waals surface area contributed by atoms with Crippen molar-refractivity contribution in [2.24, 2.45) is 0 Å². The van der Waals surface area contributed by atoms with Gasteiger partial charge in [0.2, 0.25) is 0 Å². The van der Waals surface area contributed by atoms with Crippen LogP contribution in [0.25, 0.3) is 22.2 Å². The zero-order valence-electron chi connectivity index (χ0n) is 16.1. The molecule has 0 bridgehead atoms. The normalized spacial score (nSPS) is 11.2. The number of halogens is 3. The van der Waals surface area contributed by atoms with Crippen molar-refractivity contribution in [2.75, 3.05) is 0 Å². The lowest BCUT2D eigenvalue weighted by atomic mass is 10.1. The summed E-state index contributed by atoms with van der Waals surface area (Å²) in [5.74, 6) is -1.93. The molecule has 0 aliphatic heterocycles. The number of hydrogen-bond donors (Lipinski definition) is 1. The maximum atomic E-state index is 10.6. The number of hydrogen-bond acceptors (Lipinski definition) is 4. The van der Waals surface area contributed by atoms with Crippen LogP contribution in [-0.2, 0) is 11.3 Å². The van der Waals surface area contributed by atoms with Crippen molar-refractivity contribution in [2.45, 2.75) is 26.6 Å². The van der Waals surface area contributed by atoms with Gasteiger partial charge in [-0.1, -0.05) is 35.0 Å². The summed E-state index contributed by atoms with van der Waals surface area (Å²) in [6.45, 7) is 4.69. The standard InChI is InChI=1S/C19H17N3O.C2HF3O2/c1-13-4-3-5-15(8-13)16-10-19-18(20-11-16)6-7-22(19)12-17-9-14(2)23-21-17;3-2(4,5)1(6)7/h3-11H,12H2,1-2H3;(H,6,7). The summed E-state index contributed by atoms with van der Waals surface area (Å²) >= 11 is 0. The Morgan fingerprint density at radius 3 is 2.47 bits per heavy atom. The van der Waals surface area contributed by atoms with Crippen molar-refractivity contribution in [1.82, 2.24) is 14.7 Å². The van der Waals surface area contributed by atoms with Crippen molar-refractivity contribution >= 4 is 17.0 Å². The van der Waals surface area contributed by atoms with E-state index in [4.69, 9.17) is 14.4 Å². The summed E-state index contributed by atoms with van der Waals surface area (Å²) in [6.07, 6.45) is -1.11. The van der Waals surface area contributed by atoms with Gasteiger partial charge in [-0.3, -0.25) is 4.98 Å². The van der Waals surface area contributed by atoms with Crippen molar-refractivity contribution in [3.05, 3.63) is 71.9 Å². The Bertz CT molecular complexity index is 1180. The fraction of sp³-hybridized carbons (Fsp3) is 0.190. The first kappa shape index (κ1) is 21.1. The van der Waals surface area contributed by atoms with Gasteiger partial charge in [-0.2, -0.15) is 13.2 Å². The van der Waals surface area contributed by atoms with E-state index < -0.39 is 12.1 Å². The molecule has 6 nitrogen and oxygen atoms in total. The molecular formula is C21H18F3N3O3. The van der Waals surface area contributed by atoms with Crippen LogP contribution in [0, 0.1) is 13.8 Å². The number of carbonyl (C=O) groups is 1. The van der Waals surface area contributed by atoms with E-state index in [1.165, 1.54) is 11.1 Å². The maximum absolute atomic E-state index is 10.6. The zero-order valence-corrected chi connectivity index (χ0v) is 16.1. The van der Waals surface area contributed by atoms with E-state index in [2.05, 4.69) is 52.0 Å². The molecule has 1 N–H and O–H groups in total. The van der Waals surface area contributed by atoms with Crippen LogP contribution in [0.3, 0.4) is 0 Å². The van der Waals surface area contributed by atoms with Gasteiger partial charge in [0.15, 0.2) is 0 Å². The molecular weight excluding hydrogens is 399 g/mol. The number of nitrogens with zero attached hydrogens (tertiary/aromatic N) is 3. The Labute approximate surface area is 169 Å². The summed E-state index contributed by atoms with van der Waals surface area (Å²) in [5.41, 5.74) is 6.56. The van der Waals surface area contributed by atoms with Gasteiger partial charge in [0, 0.05) is 24.0 Å². The van der Waals surface area contributed by atoms with Gasteiger partial charge in [0.05, 0.1) is 17.6 Å². The molecule has 0 saturated carbocycles. The minimum atomic E-state index is -5.08. The Hall–Kier alpha value is -3.62. The quantitative estimate of drug-likeness (QED) is 0.508. The minimum absolute atomic E-state index is 0.680. The molecule has 0 fully saturated rings.